The molecule has 0 aromatic heterocycles. The molecule has 28 heavy (non-hydrogen) atoms. The maximum atomic E-state index is 12.3. The Kier molecular flexibility index (Phi) is 6.11. The Morgan fingerprint density at radius 1 is 1.11 bits per heavy atom. The lowest BCUT2D eigenvalue weighted by Gasteiger charge is -2.17. The second-order valence-corrected chi connectivity index (χ2v) is 8.32. The van der Waals surface area contributed by atoms with Crippen molar-refractivity contribution >= 4 is 27.6 Å². The fourth-order valence-corrected chi connectivity index (χ4v) is 3.82. The zero-order valence-corrected chi connectivity index (χ0v) is 16.4. The Morgan fingerprint density at radius 2 is 1.82 bits per heavy atom. The number of hydrogen-bond acceptors (Lipinski definition) is 5. The summed E-state index contributed by atoms with van der Waals surface area (Å²) < 4.78 is 30.7. The van der Waals surface area contributed by atoms with Crippen LogP contribution in [0.4, 0.5) is 5.69 Å². The Hall–Kier alpha value is -2.71. The SMILES string of the molecule is CNS(=O)(=O)c1ccc(CCC(=O)OCC(=O)N2CCc3ccccc32)cc1. The number of anilines is 1. The second-order valence-electron chi connectivity index (χ2n) is 6.44. The number of hydrogen-bond donors (Lipinski definition) is 1. The maximum absolute atomic E-state index is 12.3. The molecule has 0 atom stereocenters. The van der Waals surface area contributed by atoms with Gasteiger partial charge in [-0.05, 0) is 49.2 Å². The Balaban J connectivity index is 1.47. The highest BCUT2D eigenvalue weighted by Gasteiger charge is 2.24. The minimum absolute atomic E-state index is 0.113. The summed E-state index contributed by atoms with van der Waals surface area (Å²) in [5.74, 6) is -0.701. The van der Waals surface area contributed by atoms with E-state index in [1.54, 1.807) is 17.0 Å². The molecule has 0 saturated carbocycles. The predicted molar refractivity (Wildman–Crippen MR) is 104 cm³/mol. The van der Waals surface area contributed by atoms with E-state index in [-0.39, 0.29) is 23.8 Å². The summed E-state index contributed by atoms with van der Waals surface area (Å²) in [5.41, 5.74) is 2.80. The molecule has 2 aromatic rings. The van der Waals surface area contributed by atoms with Crippen LogP contribution in [0.25, 0.3) is 0 Å². The van der Waals surface area contributed by atoms with Gasteiger partial charge in [-0.1, -0.05) is 30.3 Å². The summed E-state index contributed by atoms with van der Waals surface area (Å²) in [6, 6.07) is 14.0. The first kappa shape index (κ1) is 20.0. The molecule has 1 aliphatic rings. The lowest BCUT2D eigenvalue weighted by atomic mass is 10.1. The van der Waals surface area contributed by atoms with Gasteiger partial charge in [0.2, 0.25) is 10.0 Å². The monoisotopic (exact) mass is 402 g/mol. The number of aryl methyl sites for hydroxylation is 1. The third kappa shape index (κ3) is 4.58. The van der Waals surface area contributed by atoms with E-state index in [0.717, 1.165) is 23.2 Å². The van der Waals surface area contributed by atoms with Gasteiger partial charge in [0, 0.05) is 18.7 Å². The van der Waals surface area contributed by atoms with Crippen molar-refractivity contribution in [2.24, 2.45) is 0 Å². The van der Waals surface area contributed by atoms with Crippen molar-refractivity contribution in [3.63, 3.8) is 0 Å². The van der Waals surface area contributed by atoms with Crippen molar-refractivity contribution in [3.8, 4) is 0 Å². The largest absolute Gasteiger partial charge is 0.456 e. The minimum atomic E-state index is -3.48. The van der Waals surface area contributed by atoms with Gasteiger partial charge in [0.15, 0.2) is 6.61 Å². The summed E-state index contributed by atoms with van der Waals surface area (Å²) in [4.78, 5) is 26.1. The molecule has 1 heterocycles. The molecule has 0 unspecified atom stereocenters. The van der Waals surface area contributed by atoms with Crippen LogP contribution in [0, 0.1) is 0 Å². The van der Waals surface area contributed by atoms with E-state index < -0.39 is 16.0 Å². The molecule has 2 aromatic carbocycles. The van der Waals surface area contributed by atoms with Gasteiger partial charge in [-0.2, -0.15) is 0 Å². The molecule has 1 amide bonds. The van der Waals surface area contributed by atoms with E-state index in [4.69, 9.17) is 4.74 Å². The molecular formula is C20H22N2O5S. The minimum Gasteiger partial charge on any atom is -0.456 e. The van der Waals surface area contributed by atoms with E-state index in [2.05, 4.69) is 4.72 Å². The number of ether oxygens (including phenoxy) is 1. The molecule has 0 fully saturated rings. The van der Waals surface area contributed by atoms with Crippen molar-refractivity contribution in [1.29, 1.82) is 0 Å². The van der Waals surface area contributed by atoms with Crippen molar-refractivity contribution in [2.45, 2.75) is 24.2 Å². The zero-order chi connectivity index (χ0) is 20.1. The Labute approximate surface area is 164 Å². The number of sulfonamides is 1. The van der Waals surface area contributed by atoms with Crippen molar-refractivity contribution in [1.82, 2.24) is 4.72 Å². The van der Waals surface area contributed by atoms with Crippen molar-refractivity contribution in [3.05, 3.63) is 59.7 Å². The van der Waals surface area contributed by atoms with Gasteiger partial charge in [-0.25, -0.2) is 13.1 Å². The van der Waals surface area contributed by atoms with Gasteiger partial charge in [0.1, 0.15) is 0 Å². The molecule has 1 aliphatic heterocycles. The van der Waals surface area contributed by atoms with E-state index in [1.807, 2.05) is 24.3 Å². The molecule has 7 nitrogen and oxygen atoms in total. The van der Waals surface area contributed by atoms with Crippen LogP contribution in [-0.2, 0) is 37.2 Å². The maximum Gasteiger partial charge on any atom is 0.306 e. The fourth-order valence-electron chi connectivity index (χ4n) is 3.09. The third-order valence-electron chi connectivity index (χ3n) is 4.67. The summed E-state index contributed by atoms with van der Waals surface area (Å²) in [5, 5.41) is 0. The number of nitrogens with one attached hydrogen (secondary N) is 1. The number of amides is 1. The van der Waals surface area contributed by atoms with E-state index in [0.29, 0.717) is 13.0 Å². The molecule has 1 N–H and O–H groups in total. The number of benzene rings is 2. The number of fused-ring (bicyclic) bond motifs is 1. The number of esters is 1. The molecule has 148 valence electrons. The molecule has 8 heteroatoms. The van der Waals surface area contributed by atoms with Crippen LogP contribution in [0.15, 0.2) is 53.4 Å². The summed E-state index contributed by atoms with van der Waals surface area (Å²) >= 11 is 0. The Morgan fingerprint density at radius 3 is 2.54 bits per heavy atom. The van der Waals surface area contributed by atoms with E-state index in [9.17, 15) is 18.0 Å². The normalized spacial score (nSPS) is 13.2. The van der Waals surface area contributed by atoms with Gasteiger partial charge < -0.3 is 9.64 Å². The van der Waals surface area contributed by atoms with Gasteiger partial charge in [0.05, 0.1) is 4.90 Å². The smallest absolute Gasteiger partial charge is 0.306 e. The van der Waals surface area contributed by atoms with Crippen molar-refractivity contribution in [2.75, 3.05) is 25.1 Å². The number of carbonyl (C=O) groups is 2. The molecule has 0 saturated heterocycles. The average molecular weight is 402 g/mol. The average Bonchev–Trinajstić information content (AvgIpc) is 3.15. The topological polar surface area (TPSA) is 92.8 Å². The van der Waals surface area contributed by atoms with E-state index in [1.165, 1.54) is 19.2 Å². The number of para-hydroxylation sites is 1. The van der Waals surface area contributed by atoms with Gasteiger partial charge in [-0.3, -0.25) is 9.59 Å². The second kappa shape index (κ2) is 8.53. The highest BCUT2D eigenvalue weighted by atomic mass is 32.2. The number of carbonyl (C=O) groups excluding carboxylic acids is 2. The fraction of sp³-hybridized carbons (Fsp3) is 0.300. The molecule has 0 bridgehead atoms. The van der Waals surface area contributed by atoms with Gasteiger partial charge in [0.25, 0.3) is 5.91 Å². The highest BCUT2D eigenvalue weighted by molar-refractivity contribution is 7.89. The van der Waals surface area contributed by atoms with Crippen LogP contribution in [0.5, 0.6) is 0 Å². The standard InChI is InChI=1S/C20H22N2O5S/c1-21-28(25,26)17-9-6-15(7-10-17)8-11-20(24)27-14-19(23)22-13-12-16-4-2-3-5-18(16)22/h2-7,9-10,21H,8,11-14H2,1H3. The molecule has 3 rings (SSSR count). The summed E-state index contributed by atoms with van der Waals surface area (Å²) in [6.45, 7) is 0.310. The molecule has 0 radical (unpaired) electrons. The summed E-state index contributed by atoms with van der Waals surface area (Å²) in [7, 11) is -2.13. The van der Waals surface area contributed by atoms with Gasteiger partial charge in [-0.15, -0.1) is 0 Å². The molecular weight excluding hydrogens is 380 g/mol. The van der Waals surface area contributed by atoms with Crippen LogP contribution in [0.1, 0.15) is 17.5 Å². The first-order valence-corrected chi connectivity index (χ1v) is 10.5. The quantitative estimate of drug-likeness (QED) is 0.711. The van der Waals surface area contributed by atoms with Crippen LogP contribution in [0.2, 0.25) is 0 Å². The number of nitrogens with zero attached hydrogens (tertiary/aromatic N) is 1. The van der Waals surface area contributed by atoms with Crippen LogP contribution in [0.3, 0.4) is 0 Å². The first-order chi connectivity index (χ1) is 13.4. The lowest BCUT2D eigenvalue weighted by molar-refractivity contribution is -0.147. The highest BCUT2D eigenvalue weighted by Crippen LogP contribution is 2.27. The lowest BCUT2D eigenvalue weighted by Crippen LogP contribution is -2.33. The number of rotatable bonds is 7. The van der Waals surface area contributed by atoms with Crippen LogP contribution in [-0.4, -0.2) is 40.5 Å². The van der Waals surface area contributed by atoms with Crippen LogP contribution < -0.4 is 9.62 Å². The zero-order valence-electron chi connectivity index (χ0n) is 15.6. The van der Waals surface area contributed by atoms with Crippen molar-refractivity contribution < 1.29 is 22.7 Å². The third-order valence-corrected chi connectivity index (χ3v) is 6.10. The van der Waals surface area contributed by atoms with Gasteiger partial charge >= 0.3 is 5.97 Å². The summed E-state index contributed by atoms with van der Waals surface area (Å²) in [6.07, 6.45) is 1.32. The first-order valence-electron chi connectivity index (χ1n) is 8.97. The molecule has 0 aliphatic carbocycles. The molecule has 0 spiro atoms. The van der Waals surface area contributed by atoms with Crippen LogP contribution >= 0.6 is 0 Å². The Bertz CT molecular complexity index is 970. The van der Waals surface area contributed by atoms with E-state index >= 15 is 0 Å². The predicted octanol–water partition coefficient (Wildman–Crippen LogP) is 1.66.